The van der Waals surface area contributed by atoms with Gasteiger partial charge in [-0.25, -0.2) is 4.98 Å². The van der Waals surface area contributed by atoms with E-state index in [1.165, 1.54) is 0 Å². The maximum absolute atomic E-state index is 12.5. The molecule has 1 aliphatic heterocycles. The Labute approximate surface area is 147 Å². The van der Waals surface area contributed by atoms with Crippen molar-refractivity contribution < 1.29 is 9.90 Å². The summed E-state index contributed by atoms with van der Waals surface area (Å²) in [4.78, 5) is 23.2. The number of hydrogen-bond donors (Lipinski definition) is 2. The lowest BCUT2D eigenvalue weighted by molar-refractivity contribution is 0.0885. The number of aliphatic hydroxyl groups excluding tert-OH is 1. The van der Waals surface area contributed by atoms with Gasteiger partial charge >= 0.3 is 0 Å². The summed E-state index contributed by atoms with van der Waals surface area (Å²) in [7, 11) is 0. The van der Waals surface area contributed by atoms with E-state index in [0.717, 1.165) is 37.3 Å². The van der Waals surface area contributed by atoms with Crippen LogP contribution >= 0.6 is 0 Å². The van der Waals surface area contributed by atoms with Gasteiger partial charge in [-0.15, -0.1) is 0 Å². The Kier molecular flexibility index (Phi) is 5.78. The Bertz CT molecular complexity index is 713. The molecule has 1 amide bonds. The Morgan fingerprint density at radius 1 is 1.36 bits per heavy atom. The summed E-state index contributed by atoms with van der Waals surface area (Å²) in [6.45, 7) is 4.29. The maximum Gasteiger partial charge on any atom is 0.270 e. The van der Waals surface area contributed by atoms with Crippen molar-refractivity contribution in [2.45, 2.75) is 32.2 Å². The van der Waals surface area contributed by atoms with Crippen molar-refractivity contribution in [1.82, 2.24) is 24.8 Å². The van der Waals surface area contributed by atoms with E-state index in [1.54, 1.807) is 18.5 Å². The normalized spacial score (nSPS) is 18.2. The van der Waals surface area contributed by atoms with E-state index in [-0.39, 0.29) is 18.6 Å². The van der Waals surface area contributed by atoms with E-state index >= 15 is 0 Å². The Morgan fingerprint density at radius 3 is 3.00 bits per heavy atom. The number of imidazole rings is 1. The molecule has 0 aliphatic carbocycles. The summed E-state index contributed by atoms with van der Waals surface area (Å²) >= 11 is 0. The second-order valence-electron chi connectivity index (χ2n) is 6.36. The van der Waals surface area contributed by atoms with Gasteiger partial charge < -0.3 is 15.0 Å². The number of aryl methyl sites for hydroxylation is 1. The van der Waals surface area contributed by atoms with Crippen LogP contribution in [0.25, 0.3) is 5.69 Å². The summed E-state index contributed by atoms with van der Waals surface area (Å²) in [6, 6.07) is 3.91. The Balaban J connectivity index is 1.64. The van der Waals surface area contributed by atoms with Gasteiger partial charge in [0.1, 0.15) is 11.5 Å². The lowest BCUT2D eigenvalue weighted by Crippen LogP contribution is -2.47. The van der Waals surface area contributed by atoms with Crippen LogP contribution in [0.3, 0.4) is 0 Å². The van der Waals surface area contributed by atoms with Gasteiger partial charge in [-0.3, -0.25) is 14.7 Å². The van der Waals surface area contributed by atoms with Crippen molar-refractivity contribution in [2.24, 2.45) is 0 Å². The Hall–Kier alpha value is -2.25. The first-order valence-corrected chi connectivity index (χ1v) is 8.78. The average molecular weight is 343 g/mol. The number of aliphatic hydroxyl groups is 1. The number of nitrogens with zero attached hydrogens (tertiary/aromatic N) is 4. The first kappa shape index (κ1) is 17.6. The molecular formula is C18H25N5O2. The number of rotatable bonds is 6. The number of carbonyl (C=O) groups is 1. The lowest BCUT2D eigenvalue weighted by Gasteiger charge is -2.35. The van der Waals surface area contributed by atoms with Crippen LogP contribution in [-0.2, 0) is 0 Å². The fourth-order valence-corrected chi connectivity index (χ4v) is 3.36. The summed E-state index contributed by atoms with van der Waals surface area (Å²) in [5, 5.41) is 12.2. The lowest BCUT2D eigenvalue weighted by atomic mass is 10.0. The SMILES string of the molecule is Cc1nccn1-c1ccnc(C(=O)NC[C@H]2CCCCN2CCO)c1. The molecule has 0 spiro atoms. The standard InChI is InChI=1S/C18H25N5O2/c1-14-19-7-9-23(14)15-5-6-20-17(12-15)18(25)21-13-16-4-2-3-8-22(16)10-11-24/h5-7,9,12,16,24H,2-4,8,10-11,13H2,1H3,(H,21,25)/t16-/m1/s1. The van der Waals surface area contributed by atoms with Crippen LogP contribution in [0.2, 0.25) is 0 Å². The topological polar surface area (TPSA) is 83.3 Å². The molecule has 3 heterocycles. The van der Waals surface area contributed by atoms with Gasteiger partial charge in [0, 0.05) is 37.7 Å². The second kappa shape index (κ2) is 8.22. The van der Waals surface area contributed by atoms with Crippen molar-refractivity contribution in [3.63, 3.8) is 0 Å². The highest BCUT2D eigenvalue weighted by Crippen LogP contribution is 2.16. The van der Waals surface area contributed by atoms with Crippen molar-refractivity contribution >= 4 is 5.91 Å². The van der Waals surface area contributed by atoms with E-state index < -0.39 is 0 Å². The molecule has 1 atom stereocenters. The summed E-state index contributed by atoms with van der Waals surface area (Å²) < 4.78 is 1.92. The van der Waals surface area contributed by atoms with E-state index in [1.807, 2.05) is 23.8 Å². The number of nitrogens with one attached hydrogen (secondary N) is 1. The van der Waals surface area contributed by atoms with Crippen molar-refractivity contribution in [2.75, 3.05) is 26.2 Å². The molecule has 2 aromatic rings. The van der Waals surface area contributed by atoms with Gasteiger partial charge in [-0.2, -0.15) is 0 Å². The highest BCUT2D eigenvalue weighted by Gasteiger charge is 2.22. The van der Waals surface area contributed by atoms with Gasteiger partial charge in [-0.05, 0) is 38.4 Å². The molecule has 0 bridgehead atoms. The van der Waals surface area contributed by atoms with Gasteiger partial charge in [0.25, 0.3) is 5.91 Å². The molecule has 0 unspecified atom stereocenters. The van der Waals surface area contributed by atoms with E-state index in [4.69, 9.17) is 0 Å². The number of likely N-dealkylation sites (tertiary alicyclic amines) is 1. The predicted molar refractivity (Wildman–Crippen MR) is 94.7 cm³/mol. The first-order valence-electron chi connectivity index (χ1n) is 8.78. The number of amides is 1. The minimum atomic E-state index is -0.172. The van der Waals surface area contributed by atoms with Crippen LogP contribution < -0.4 is 5.32 Å². The third kappa shape index (κ3) is 4.24. The molecular weight excluding hydrogens is 318 g/mol. The molecule has 3 rings (SSSR count). The van der Waals surface area contributed by atoms with E-state index in [0.29, 0.717) is 18.8 Å². The molecule has 0 saturated carbocycles. The Morgan fingerprint density at radius 2 is 2.24 bits per heavy atom. The number of pyridine rings is 1. The van der Waals surface area contributed by atoms with Crippen molar-refractivity contribution in [1.29, 1.82) is 0 Å². The van der Waals surface area contributed by atoms with Gasteiger partial charge in [0.15, 0.2) is 0 Å². The zero-order chi connectivity index (χ0) is 17.6. The molecule has 25 heavy (non-hydrogen) atoms. The van der Waals surface area contributed by atoms with E-state index in [2.05, 4.69) is 20.2 Å². The molecule has 2 N–H and O–H groups in total. The number of β-amino-alcohol motifs (C(OH)–C–C–N with tert-alkyl or cyclic N) is 1. The zero-order valence-electron chi connectivity index (χ0n) is 14.6. The molecule has 1 saturated heterocycles. The average Bonchev–Trinajstić information content (AvgIpc) is 3.07. The number of aromatic nitrogens is 3. The smallest absolute Gasteiger partial charge is 0.270 e. The van der Waals surface area contributed by atoms with Gasteiger partial charge in [0.05, 0.1) is 12.3 Å². The number of hydrogen-bond acceptors (Lipinski definition) is 5. The number of piperidine rings is 1. The second-order valence-corrected chi connectivity index (χ2v) is 6.36. The molecule has 2 aromatic heterocycles. The fraction of sp³-hybridized carbons (Fsp3) is 0.500. The molecule has 7 heteroatoms. The summed E-state index contributed by atoms with van der Waals surface area (Å²) in [5.74, 6) is 0.688. The fourth-order valence-electron chi connectivity index (χ4n) is 3.36. The van der Waals surface area contributed by atoms with Crippen LogP contribution in [-0.4, -0.2) is 62.7 Å². The van der Waals surface area contributed by atoms with Crippen LogP contribution in [0.15, 0.2) is 30.7 Å². The van der Waals surface area contributed by atoms with Crippen LogP contribution in [0.1, 0.15) is 35.6 Å². The molecule has 1 fully saturated rings. The van der Waals surface area contributed by atoms with Crippen molar-refractivity contribution in [3.8, 4) is 5.69 Å². The molecule has 0 radical (unpaired) electrons. The van der Waals surface area contributed by atoms with Crippen LogP contribution in [0.5, 0.6) is 0 Å². The zero-order valence-corrected chi connectivity index (χ0v) is 14.6. The highest BCUT2D eigenvalue weighted by atomic mass is 16.3. The third-order valence-electron chi connectivity index (χ3n) is 4.71. The third-order valence-corrected chi connectivity index (χ3v) is 4.71. The molecule has 134 valence electrons. The molecule has 0 aromatic carbocycles. The van der Waals surface area contributed by atoms with Crippen LogP contribution in [0, 0.1) is 6.92 Å². The van der Waals surface area contributed by atoms with Gasteiger partial charge in [-0.1, -0.05) is 6.42 Å². The maximum atomic E-state index is 12.5. The van der Waals surface area contributed by atoms with Gasteiger partial charge in [0.2, 0.25) is 0 Å². The molecule has 7 nitrogen and oxygen atoms in total. The predicted octanol–water partition coefficient (Wildman–Crippen LogP) is 1.15. The largest absolute Gasteiger partial charge is 0.395 e. The van der Waals surface area contributed by atoms with E-state index in [9.17, 15) is 9.90 Å². The quantitative estimate of drug-likeness (QED) is 0.822. The number of carbonyl (C=O) groups excluding carboxylic acids is 1. The van der Waals surface area contributed by atoms with Crippen molar-refractivity contribution in [3.05, 3.63) is 42.2 Å². The van der Waals surface area contributed by atoms with Crippen LogP contribution in [0.4, 0.5) is 0 Å². The summed E-state index contributed by atoms with van der Waals surface area (Å²) in [6.07, 6.45) is 8.59. The highest BCUT2D eigenvalue weighted by molar-refractivity contribution is 5.92. The molecule has 1 aliphatic rings. The minimum absolute atomic E-state index is 0.151. The minimum Gasteiger partial charge on any atom is -0.395 e. The summed E-state index contributed by atoms with van der Waals surface area (Å²) in [5.41, 5.74) is 1.27. The monoisotopic (exact) mass is 343 g/mol. The first-order chi connectivity index (χ1) is 12.2.